The van der Waals surface area contributed by atoms with Gasteiger partial charge in [0.25, 0.3) is 0 Å². The van der Waals surface area contributed by atoms with Crippen molar-refractivity contribution in [1.29, 1.82) is 0 Å². The van der Waals surface area contributed by atoms with Crippen molar-refractivity contribution < 1.29 is 4.74 Å². The summed E-state index contributed by atoms with van der Waals surface area (Å²) in [6.45, 7) is 5.14. The molecule has 0 spiro atoms. The van der Waals surface area contributed by atoms with Gasteiger partial charge in [-0.2, -0.15) is 0 Å². The van der Waals surface area contributed by atoms with Crippen LogP contribution in [0.2, 0.25) is 0 Å². The van der Waals surface area contributed by atoms with E-state index < -0.39 is 0 Å². The standard InChI is InChI=1S/C16H23NO/c1-2-17-11-6-4-3-5-7-14-8-9-16-15(13-14)10-12-18-16/h3-4,8-9,13,17H,2,5-7,10-12H2,1H3. The first-order chi connectivity index (χ1) is 8.90. The SMILES string of the molecule is CCNCCC=CCCc1ccc2c(c1)CCO2. The Morgan fingerprint density at radius 2 is 2.17 bits per heavy atom. The molecule has 0 fully saturated rings. The van der Waals surface area contributed by atoms with Gasteiger partial charge in [-0.25, -0.2) is 0 Å². The fraction of sp³-hybridized carbons (Fsp3) is 0.500. The summed E-state index contributed by atoms with van der Waals surface area (Å²) in [6, 6.07) is 6.61. The van der Waals surface area contributed by atoms with E-state index in [4.69, 9.17) is 4.74 Å². The molecule has 0 amide bonds. The second-order valence-corrected chi connectivity index (χ2v) is 4.69. The first-order valence-corrected chi connectivity index (χ1v) is 7.00. The molecule has 0 radical (unpaired) electrons. The third-order valence-electron chi connectivity index (χ3n) is 3.26. The van der Waals surface area contributed by atoms with E-state index in [1.54, 1.807) is 0 Å². The maximum absolute atomic E-state index is 5.51. The monoisotopic (exact) mass is 245 g/mol. The van der Waals surface area contributed by atoms with Crippen molar-refractivity contribution in [3.63, 3.8) is 0 Å². The summed E-state index contributed by atoms with van der Waals surface area (Å²) in [5.41, 5.74) is 2.80. The molecule has 1 aromatic carbocycles. The number of benzene rings is 1. The summed E-state index contributed by atoms with van der Waals surface area (Å²) < 4.78 is 5.51. The van der Waals surface area contributed by atoms with Gasteiger partial charge in [-0.15, -0.1) is 0 Å². The zero-order valence-electron chi connectivity index (χ0n) is 11.2. The molecule has 0 aliphatic carbocycles. The largest absolute Gasteiger partial charge is 0.493 e. The molecule has 2 rings (SSSR count). The highest BCUT2D eigenvalue weighted by Gasteiger charge is 2.11. The van der Waals surface area contributed by atoms with E-state index in [0.717, 1.165) is 51.1 Å². The topological polar surface area (TPSA) is 21.3 Å². The van der Waals surface area contributed by atoms with Gasteiger partial charge in [0, 0.05) is 6.42 Å². The van der Waals surface area contributed by atoms with Crippen molar-refractivity contribution in [3.05, 3.63) is 41.5 Å². The van der Waals surface area contributed by atoms with Crippen LogP contribution in [-0.2, 0) is 12.8 Å². The van der Waals surface area contributed by atoms with Crippen molar-refractivity contribution >= 4 is 0 Å². The predicted octanol–water partition coefficient (Wildman–Crippen LogP) is 3.11. The van der Waals surface area contributed by atoms with Crippen LogP contribution in [0.15, 0.2) is 30.4 Å². The lowest BCUT2D eigenvalue weighted by Crippen LogP contribution is -2.12. The fourth-order valence-corrected chi connectivity index (χ4v) is 2.24. The van der Waals surface area contributed by atoms with Gasteiger partial charge in [0.1, 0.15) is 5.75 Å². The summed E-state index contributed by atoms with van der Waals surface area (Å²) in [5.74, 6) is 1.08. The Labute approximate surface area is 110 Å². The molecule has 1 N–H and O–H groups in total. The highest BCUT2D eigenvalue weighted by Crippen LogP contribution is 2.26. The molecule has 0 saturated heterocycles. The van der Waals surface area contributed by atoms with Crippen molar-refractivity contribution in [2.75, 3.05) is 19.7 Å². The van der Waals surface area contributed by atoms with Gasteiger partial charge in [0.15, 0.2) is 0 Å². The zero-order valence-corrected chi connectivity index (χ0v) is 11.2. The highest BCUT2D eigenvalue weighted by atomic mass is 16.5. The molecule has 1 heterocycles. The Kier molecular flexibility index (Phi) is 5.28. The number of fused-ring (bicyclic) bond motifs is 1. The van der Waals surface area contributed by atoms with Crippen LogP contribution in [0.4, 0.5) is 0 Å². The number of nitrogens with one attached hydrogen (secondary N) is 1. The molecule has 0 unspecified atom stereocenters. The second kappa shape index (κ2) is 7.22. The van der Waals surface area contributed by atoms with E-state index in [9.17, 15) is 0 Å². The number of hydrogen-bond acceptors (Lipinski definition) is 2. The lowest BCUT2D eigenvalue weighted by Gasteiger charge is -2.02. The Morgan fingerprint density at radius 3 is 3.06 bits per heavy atom. The molecular weight excluding hydrogens is 222 g/mol. The first kappa shape index (κ1) is 13.2. The van der Waals surface area contributed by atoms with E-state index in [-0.39, 0.29) is 0 Å². The average Bonchev–Trinajstić information content (AvgIpc) is 2.85. The summed E-state index contributed by atoms with van der Waals surface area (Å²) in [4.78, 5) is 0. The molecule has 0 bridgehead atoms. The number of ether oxygens (including phenoxy) is 1. The van der Waals surface area contributed by atoms with Crippen LogP contribution in [-0.4, -0.2) is 19.7 Å². The summed E-state index contributed by atoms with van der Waals surface area (Å²) >= 11 is 0. The van der Waals surface area contributed by atoms with E-state index in [2.05, 4.69) is 42.6 Å². The number of aryl methyl sites for hydroxylation is 1. The minimum atomic E-state index is 0.850. The van der Waals surface area contributed by atoms with Gasteiger partial charge < -0.3 is 10.1 Å². The Bertz CT molecular complexity index is 398. The maximum Gasteiger partial charge on any atom is 0.122 e. The third kappa shape index (κ3) is 3.88. The van der Waals surface area contributed by atoms with Gasteiger partial charge in [-0.1, -0.05) is 31.2 Å². The molecule has 18 heavy (non-hydrogen) atoms. The number of rotatable bonds is 7. The van der Waals surface area contributed by atoms with Crippen LogP contribution in [0.1, 0.15) is 30.9 Å². The van der Waals surface area contributed by atoms with Crippen LogP contribution in [0.3, 0.4) is 0 Å². The van der Waals surface area contributed by atoms with E-state index in [1.165, 1.54) is 11.1 Å². The third-order valence-corrected chi connectivity index (χ3v) is 3.26. The average molecular weight is 245 g/mol. The molecule has 1 aliphatic heterocycles. The molecule has 2 nitrogen and oxygen atoms in total. The quantitative estimate of drug-likeness (QED) is 0.588. The molecule has 0 aromatic heterocycles. The molecule has 98 valence electrons. The molecular formula is C16H23NO. The van der Waals surface area contributed by atoms with Crippen LogP contribution in [0.5, 0.6) is 5.75 Å². The predicted molar refractivity (Wildman–Crippen MR) is 76.3 cm³/mol. The lowest BCUT2D eigenvalue weighted by molar-refractivity contribution is 0.357. The molecule has 1 aliphatic rings. The van der Waals surface area contributed by atoms with Crippen LogP contribution < -0.4 is 10.1 Å². The summed E-state index contributed by atoms with van der Waals surface area (Å²) in [7, 11) is 0. The minimum Gasteiger partial charge on any atom is -0.493 e. The van der Waals surface area contributed by atoms with Gasteiger partial charge in [0.05, 0.1) is 6.61 Å². The number of hydrogen-bond donors (Lipinski definition) is 1. The van der Waals surface area contributed by atoms with Gasteiger partial charge >= 0.3 is 0 Å². The fourth-order valence-electron chi connectivity index (χ4n) is 2.24. The molecule has 0 atom stereocenters. The van der Waals surface area contributed by atoms with Gasteiger partial charge in [-0.3, -0.25) is 0 Å². The van der Waals surface area contributed by atoms with Crippen LogP contribution in [0, 0.1) is 0 Å². The Morgan fingerprint density at radius 1 is 1.28 bits per heavy atom. The summed E-state index contributed by atoms with van der Waals surface area (Å²) in [5, 5.41) is 3.32. The normalized spacial score (nSPS) is 13.8. The Hall–Kier alpha value is -1.28. The molecule has 0 saturated carbocycles. The van der Waals surface area contributed by atoms with Gasteiger partial charge in [-0.05, 0) is 49.5 Å². The van der Waals surface area contributed by atoms with Crippen LogP contribution in [0.25, 0.3) is 0 Å². The van der Waals surface area contributed by atoms with E-state index >= 15 is 0 Å². The Balaban J connectivity index is 1.70. The minimum absolute atomic E-state index is 0.850. The lowest BCUT2D eigenvalue weighted by atomic mass is 10.0. The highest BCUT2D eigenvalue weighted by molar-refractivity contribution is 5.39. The molecule has 1 aromatic rings. The summed E-state index contributed by atoms with van der Waals surface area (Å²) in [6.07, 6.45) is 9.03. The zero-order chi connectivity index (χ0) is 12.6. The maximum atomic E-state index is 5.51. The van der Waals surface area contributed by atoms with Gasteiger partial charge in [0.2, 0.25) is 0 Å². The second-order valence-electron chi connectivity index (χ2n) is 4.69. The van der Waals surface area contributed by atoms with E-state index in [0.29, 0.717) is 0 Å². The number of allylic oxidation sites excluding steroid dienone is 1. The van der Waals surface area contributed by atoms with Crippen LogP contribution >= 0.6 is 0 Å². The van der Waals surface area contributed by atoms with Crippen molar-refractivity contribution in [3.8, 4) is 5.75 Å². The van der Waals surface area contributed by atoms with E-state index in [1.807, 2.05) is 0 Å². The van der Waals surface area contributed by atoms with Crippen molar-refractivity contribution in [2.45, 2.75) is 32.6 Å². The smallest absolute Gasteiger partial charge is 0.122 e. The van der Waals surface area contributed by atoms with Crippen molar-refractivity contribution in [2.24, 2.45) is 0 Å². The molecule has 2 heteroatoms. The van der Waals surface area contributed by atoms with Crippen molar-refractivity contribution in [1.82, 2.24) is 5.32 Å². The first-order valence-electron chi connectivity index (χ1n) is 7.00.